The number of amides is 1. The van der Waals surface area contributed by atoms with Crippen molar-refractivity contribution < 1.29 is 34.0 Å². The third-order valence-electron chi connectivity index (χ3n) is 7.84. The van der Waals surface area contributed by atoms with Gasteiger partial charge < -0.3 is 24.2 Å². The predicted molar refractivity (Wildman–Crippen MR) is 129 cm³/mol. The number of nitrogens with zero attached hydrogens (tertiary/aromatic N) is 4. The van der Waals surface area contributed by atoms with Gasteiger partial charge in [0.05, 0.1) is 44.3 Å². The van der Waals surface area contributed by atoms with Crippen LogP contribution in [0, 0.1) is 20.2 Å². The molecule has 3 aliphatic heterocycles. The Kier molecular flexibility index (Phi) is 5.72. The van der Waals surface area contributed by atoms with E-state index in [1.807, 2.05) is 0 Å². The van der Waals surface area contributed by atoms with Gasteiger partial charge in [0, 0.05) is 41.9 Å². The van der Waals surface area contributed by atoms with Gasteiger partial charge in [0.25, 0.3) is 11.6 Å². The molecule has 2 fully saturated rings. The molecule has 2 saturated heterocycles. The zero-order chi connectivity index (χ0) is 26.8. The SMILES string of the molecule is COc1cc([C@H]2[C@H]([N+](=O)[O-])[C@@H]3C[C@@H](O)CN3[C@]23C(=O)N(C)c2ccc([N+](=O)[O-])cc23)cc(OC)c1OC. The highest BCUT2D eigenvalue weighted by atomic mass is 16.6. The second-order valence-electron chi connectivity index (χ2n) is 9.41. The van der Waals surface area contributed by atoms with Gasteiger partial charge in [0.1, 0.15) is 5.54 Å². The first-order chi connectivity index (χ1) is 17.6. The van der Waals surface area contributed by atoms with Crippen LogP contribution in [0.2, 0.25) is 0 Å². The summed E-state index contributed by atoms with van der Waals surface area (Å²) in [6, 6.07) is 5.13. The third kappa shape index (κ3) is 3.20. The Morgan fingerprint density at radius 3 is 2.24 bits per heavy atom. The second kappa shape index (κ2) is 8.56. The highest BCUT2D eigenvalue weighted by Gasteiger charge is 2.73. The molecule has 2 aromatic rings. The van der Waals surface area contributed by atoms with Crippen LogP contribution in [-0.4, -0.2) is 78.9 Å². The van der Waals surface area contributed by atoms with Gasteiger partial charge in [-0.3, -0.25) is 29.9 Å². The fourth-order valence-electron chi connectivity index (χ4n) is 6.50. The number of aliphatic hydroxyl groups is 1. The van der Waals surface area contributed by atoms with Crippen LogP contribution in [-0.2, 0) is 10.3 Å². The molecule has 2 aromatic carbocycles. The number of likely N-dealkylation sites (N-methyl/N-ethyl adjacent to an activating group) is 1. The van der Waals surface area contributed by atoms with E-state index in [-0.39, 0.29) is 41.5 Å². The predicted octanol–water partition coefficient (Wildman–Crippen LogP) is 1.67. The van der Waals surface area contributed by atoms with Crippen molar-refractivity contribution in [3.05, 3.63) is 61.7 Å². The van der Waals surface area contributed by atoms with Gasteiger partial charge in [-0.2, -0.15) is 0 Å². The molecule has 0 aromatic heterocycles. The zero-order valence-corrected chi connectivity index (χ0v) is 20.6. The molecule has 13 heteroatoms. The average Bonchev–Trinajstić information content (AvgIpc) is 3.46. The standard InChI is InChI=1S/C24H26N4O9/c1-25-16-6-5-13(27(31)32)9-15(16)24(23(25)30)20(21(28(33)34)17-10-14(29)11-26(17)24)12-7-18(35-2)22(37-4)19(8-12)36-3/h5-9,14,17,20-21,29H,10-11H2,1-4H3/t14-,17+,20+,21-,24+/m1/s1. The summed E-state index contributed by atoms with van der Waals surface area (Å²) in [7, 11) is 5.80. The van der Waals surface area contributed by atoms with Crippen LogP contribution < -0.4 is 19.1 Å². The number of hydrogen-bond acceptors (Lipinski definition) is 10. The number of benzene rings is 2. The van der Waals surface area contributed by atoms with Crippen LogP contribution in [0.25, 0.3) is 0 Å². The highest BCUT2D eigenvalue weighted by Crippen LogP contribution is 2.62. The summed E-state index contributed by atoms with van der Waals surface area (Å²) in [5.41, 5.74) is -0.846. The van der Waals surface area contributed by atoms with Crippen LogP contribution in [0.4, 0.5) is 11.4 Å². The van der Waals surface area contributed by atoms with Gasteiger partial charge in [0.15, 0.2) is 11.5 Å². The van der Waals surface area contributed by atoms with Crippen molar-refractivity contribution in [1.82, 2.24) is 4.90 Å². The molecule has 0 unspecified atom stereocenters. The molecule has 1 spiro atoms. The summed E-state index contributed by atoms with van der Waals surface area (Å²) in [4.78, 5) is 40.6. The Morgan fingerprint density at radius 1 is 1.05 bits per heavy atom. The molecule has 37 heavy (non-hydrogen) atoms. The quantitative estimate of drug-likeness (QED) is 0.444. The van der Waals surface area contributed by atoms with Gasteiger partial charge in [-0.15, -0.1) is 0 Å². The van der Waals surface area contributed by atoms with E-state index in [2.05, 4.69) is 0 Å². The Bertz CT molecular complexity index is 1290. The summed E-state index contributed by atoms with van der Waals surface area (Å²) >= 11 is 0. The van der Waals surface area contributed by atoms with Crippen LogP contribution in [0.15, 0.2) is 30.3 Å². The Labute approximate surface area is 211 Å². The molecule has 0 aliphatic carbocycles. The number of carbonyl (C=O) groups is 1. The Morgan fingerprint density at radius 2 is 1.70 bits per heavy atom. The summed E-state index contributed by atoms with van der Waals surface area (Å²) in [5.74, 6) is -0.782. The molecule has 0 bridgehead atoms. The topological polar surface area (TPSA) is 158 Å². The van der Waals surface area contributed by atoms with Crippen LogP contribution in [0.3, 0.4) is 0 Å². The highest BCUT2D eigenvalue weighted by molar-refractivity contribution is 6.09. The number of aliphatic hydroxyl groups excluding tert-OH is 1. The summed E-state index contributed by atoms with van der Waals surface area (Å²) < 4.78 is 16.4. The molecule has 0 saturated carbocycles. The van der Waals surface area contributed by atoms with Crippen molar-refractivity contribution in [2.24, 2.45) is 0 Å². The number of fused-ring (bicyclic) bond motifs is 4. The minimum atomic E-state index is -1.68. The lowest BCUT2D eigenvalue weighted by molar-refractivity contribution is -0.527. The van der Waals surface area contributed by atoms with Crippen molar-refractivity contribution >= 4 is 17.3 Å². The van der Waals surface area contributed by atoms with E-state index < -0.39 is 45.4 Å². The number of ether oxygens (including phenoxy) is 3. The molecule has 196 valence electrons. The van der Waals surface area contributed by atoms with E-state index in [1.165, 1.54) is 51.5 Å². The fourth-order valence-corrected chi connectivity index (χ4v) is 6.50. The Hall–Kier alpha value is -3.97. The van der Waals surface area contributed by atoms with E-state index >= 15 is 0 Å². The number of anilines is 1. The van der Waals surface area contributed by atoms with Crippen molar-refractivity contribution in [1.29, 1.82) is 0 Å². The molecule has 5 atom stereocenters. The first kappa shape index (κ1) is 24.7. The first-order valence-corrected chi connectivity index (χ1v) is 11.6. The molecule has 1 amide bonds. The molecule has 3 aliphatic rings. The van der Waals surface area contributed by atoms with E-state index in [0.717, 1.165) is 0 Å². The lowest BCUT2D eigenvalue weighted by atomic mass is 9.73. The van der Waals surface area contributed by atoms with Crippen molar-refractivity contribution in [2.75, 3.05) is 39.8 Å². The summed E-state index contributed by atoms with van der Waals surface area (Å²) in [5, 5.41) is 34.9. The minimum Gasteiger partial charge on any atom is -0.493 e. The maximum Gasteiger partial charge on any atom is 0.269 e. The minimum absolute atomic E-state index is 0.00234. The second-order valence-corrected chi connectivity index (χ2v) is 9.41. The molecular weight excluding hydrogens is 488 g/mol. The molecule has 13 nitrogen and oxygen atoms in total. The number of nitro groups is 2. The summed E-state index contributed by atoms with van der Waals surface area (Å²) in [6.07, 6.45) is -0.818. The van der Waals surface area contributed by atoms with Crippen molar-refractivity contribution in [3.63, 3.8) is 0 Å². The monoisotopic (exact) mass is 514 g/mol. The smallest absolute Gasteiger partial charge is 0.269 e. The first-order valence-electron chi connectivity index (χ1n) is 11.6. The van der Waals surface area contributed by atoms with Gasteiger partial charge >= 0.3 is 0 Å². The molecular formula is C24H26N4O9. The maximum absolute atomic E-state index is 14.2. The van der Waals surface area contributed by atoms with E-state index in [0.29, 0.717) is 11.3 Å². The van der Waals surface area contributed by atoms with Gasteiger partial charge in [0.2, 0.25) is 11.8 Å². The maximum atomic E-state index is 14.2. The van der Waals surface area contributed by atoms with Gasteiger partial charge in [-0.05, 0) is 30.2 Å². The lowest BCUT2D eigenvalue weighted by Gasteiger charge is -2.37. The fraction of sp³-hybridized carbons (Fsp3) is 0.458. The van der Waals surface area contributed by atoms with Gasteiger partial charge in [-0.1, -0.05) is 0 Å². The number of hydrogen-bond donors (Lipinski definition) is 1. The van der Waals surface area contributed by atoms with E-state index in [9.17, 15) is 30.1 Å². The third-order valence-corrected chi connectivity index (χ3v) is 7.84. The lowest BCUT2D eigenvalue weighted by Crippen LogP contribution is -2.52. The van der Waals surface area contributed by atoms with Gasteiger partial charge in [-0.25, -0.2) is 0 Å². The number of methoxy groups -OCH3 is 3. The summed E-state index contributed by atoms with van der Waals surface area (Å²) in [6.45, 7) is -0.00234. The number of non-ortho nitro benzene ring substituents is 1. The van der Waals surface area contributed by atoms with Crippen LogP contribution >= 0.6 is 0 Å². The van der Waals surface area contributed by atoms with Crippen LogP contribution in [0.5, 0.6) is 17.2 Å². The Balaban J connectivity index is 1.86. The molecule has 1 N–H and O–H groups in total. The van der Waals surface area contributed by atoms with Crippen molar-refractivity contribution in [3.8, 4) is 17.2 Å². The normalized spacial score (nSPS) is 28.4. The number of rotatable bonds is 6. The number of nitro benzene ring substituents is 1. The van der Waals surface area contributed by atoms with E-state index in [1.54, 1.807) is 17.0 Å². The zero-order valence-electron chi connectivity index (χ0n) is 20.6. The van der Waals surface area contributed by atoms with Crippen molar-refractivity contribution in [2.45, 2.75) is 36.1 Å². The van der Waals surface area contributed by atoms with E-state index in [4.69, 9.17) is 14.2 Å². The molecule has 3 heterocycles. The van der Waals surface area contributed by atoms with Crippen LogP contribution in [0.1, 0.15) is 23.5 Å². The largest absolute Gasteiger partial charge is 0.493 e. The average molecular weight is 514 g/mol. The number of carbonyl (C=O) groups excluding carboxylic acids is 1. The molecule has 0 radical (unpaired) electrons. The molecule has 5 rings (SSSR count).